The highest BCUT2D eigenvalue weighted by molar-refractivity contribution is 14.1. The Labute approximate surface area is 123 Å². The standard InChI is InChI=1S/C11H7Br2IS/c12-9-5-6-15-11(9)10(13)7-1-3-8(14)4-2-7/h1-6,10H. The molecule has 0 N–H and O–H groups in total. The van der Waals surface area contributed by atoms with Gasteiger partial charge in [0.15, 0.2) is 0 Å². The van der Waals surface area contributed by atoms with Crippen molar-refractivity contribution >= 4 is 65.8 Å². The van der Waals surface area contributed by atoms with E-state index >= 15 is 0 Å². The van der Waals surface area contributed by atoms with Crippen LogP contribution in [0.2, 0.25) is 0 Å². The highest BCUT2D eigenvalue weighted by Gasteiger charge is 2.14. The van der Waals surface area contributed by atoms with Crippen LogP contribution in [0.25, 0.3) is 0 Å². The Morgan fingerprint density at radius 3 is 2.33 bits per heavy atom. The van der Waals surface area contributed by atoms with E-state index in [1.54, 1.807) is 11.3 Å². The first kappa shape index (κ1) is 12.1. The fourth-order valence-electron chi connectivity index (χ4n) is 1.27. The van der Waals surface area contributed by atoms with Crippen molar-refractivity contribution in [3.05, 3.63) is 54.2 Å². The van der Waals surface area contributed by atoms with Crippen LogP contribution in [0.5, 0.6) is 0 Å². The Bertz CT molecular complexity index is 450. The average molecular weight is 458 g/mol. The first-order valence-electron chi connectivity index (χ1n) is 4.31. The second-order valence-electron chi connectivity index (χ2n) is 3.05. The van der Waals surface area contributed by atoms with Gasteiger partial charge in [0, 0.05) is 12.9 Å². The Morgan fingerprint density at radius 1 is 1.13 bits per heavy atom. The summed E-state index contributed by atoms with van der Waals surface area (Å²) < 4.78 is 2.44. The number of hydrogen-bond donors (Lipinski definition) is 0. The van der Waals surface area contributed by atoms with Gasteiger partial charge < -0.3 is 0 Å². The zero-order chi connectivity index (χ0) is 10.8. The van der Waals surface area contributed by atoms with Gasteiger partial charge in [0.05, 0.1) is 4.83 Å². The molecule has 0 spiro atoms. The molecular weight excluding hydrogens is 451 g/mol. The summed E-state index contributed by atoms with van der Waals surface area (Å²) in [5.41, 5.74) is 1.29. The van der Waals surface area contributed by atoms with Gasteiger partial charge in [-0.3, -0.25) is 0 Å². The van der Waals surface area contributed by atoms with E-state index in [2.05, 4.69) is 90.2 Å². The van der Waals surface area contributed by atoms with Crippen LogP contribution in [0.1, 0.15) is 15.3 Å². The van der Waals surface area contributed by atoms with Gasteiger partial charge in [-0.1, -0.05) is 28.1 Å². The minimum absolute atomic E-state index is 0.281. The molecule has 0 aliphatic carbocycles. The summed E-state index contributed by atoms with van der Waals surface area (Å²) in [7, 11) is 0. The molecule has 0 saturated heterocycles. The summed E-state index contributed by atoms with van der Waals surface area (Å²) in [5, 5.41) is 2.10. The van der Waals surface area contributed by atoms with Crippen molar-refractivity contribution in [1.82, 2.24) is 0 Å². The van der Waals surface area contributed by atoms with Crippen molar-refractivity contribution in [2.75, 3.05) is 0 Å². The number of halogens is 3. The fourth-order valence-corrected chi connectivity index (χ4v) is 4.42. The SMILES string of the molecule is Brc1ccsc1C(Br)c1ccc(I)cc1. The summed E-state index contributed by atoms with van der Waals surface area (Å²) in [6.45, 7) is 0. The van der Waals surface area contributed by atoms with Gasteiger partial charge in [-0.05, 0) is 67.7 Å². The molecule has 0 nitrogen and oxygen atoms in total. The Balaban J connectivity index is 2.32. The van der Waals surface area contributed by atoms with Crippen LogP contribution >= 0.6 is 65.8 Å². The lowest BCUT2D eigenvalue weighted by atomic mass is 10.1. The van der Waals surface area contributed by atoms with Crippen LogP contribution in [-0.4, -0.2) is 0 Å². The second-order valence-corrected chi connectivity index (χ2v) is 7.01. The fraction of sp³-hybridized carbons (Fsp3) is 0.0909. The highest BCUT2D eigenvalue weighted by atomic mass is 127. The summed E-state index contributed by atoms with van der Waals surface area (Å²) >= 11 is 11.4. The molecule has 1 atom stereocenters. The molecule has 4 heteroatoms. The van der Waals surface area contributed by atoms with E-state index in [1.807, 2.05) is 0 Å². The van der Waals surface area contributed by atoms with Crippen molar-refractivity contribution in [2.24, 2.45) is 0 Å². The van der Waals surface area contributed by atoms with Gasteiger partial charge in [-0.25, -0.2) is 0 Å². The predicted octanol–water partition coefficient (Wildman–Crippen LogP) is 5.60. The van der Waals surface area contributed by atoms with Crippen LogP contribution in [0.15, 0.2) is 40.2 Å². The Morgan fingerprint density at radius 2 is 1.80 bits per heavy atom. The molecule has 0 radical (unpaired) electrons. The number of hydrogen-bond acceptors (Lipinski definition) is 1. The lowest BCUT2D eigenvalue weighted by molar-refractivity contribution is 1.21. The van der Waals surface area contributed by atoms with Gasteiger partial charge in [-0.2, -0.15) is 0 Å². The van der Waals surface area contributed by atoms with Gasteiger partial charge in [0.25, 0.3) is 0 Å². The van der Waals surface area contributed by atoms with E-state index < -0.39 is 0 Å². The molecule has 0 amide bonds. The first-order valence-corrected chi connectivity index (χ1v) is 7.97. The van der Waals surface area contributed by atoms with Crippen LogP contribution in [0.3, 0.4) is 0 Å². The molecule has 1 unspecified atom stereocenters. The van der Waals surface area contributed by atoms with Gasteiger partial charge >= 0.3 is 0 Å². The number of thiophene rings is 1. The van der Waals surface area contributed by atoms with Crippen molar-refractivity contribution in [3.63, 3.8) is 0 Å². The zero-order valence-corrected chi connectivity index (χ0v) is 13.7. The number of benzene rings is 1. The van der Waals surface area contributed by atoms with Crippen LogP contribution in [0, 0.1) is 3.57 Å². The minimum atomic E-state index is 0.281. The molecule has 78 valence electrons. The molecule has 0 saturated carbocycles. The first-order chi connectivity index (χ1) is 7.18. The lowest BCUT2D eigenvalue weighted by Crippen LogP contribution is -1.90. The van der Waals surface area contributed by atoms with E-state index in [1.165, 1.54) is 18.5 Å². The van der Waals surface area contributed by atoms with Crippen molar-refractivity contribution in [1.29, 1.82) is 0 Å². The van der Waals surface area contributed by atoms with Crippen molar-refractivity contribution < 1.29 is 0 Å². The predicted molar refractivity (Wildman–Crippen MR) is 81.9 cm³/mol. The van der Waals surface area contributed by atoms with E-state index in [0.29, 0.717) is 0 Å². The second kappa shape index (κ2) is 5.29. The highest BCUT2D eigenvalue weighted by Crippen LogP contribution is 2.38. The third-order valence-corrected chi connectivity index (χ3v) is 5.98. The molecule has 0 aliphatic heterocycles. The van der Waals surface area contributed by atoms with E-state index in [4.69, 9.17) is 0 Å². The molecule has 0 aliphatic rings. The van der Waals surface area contributed by atoms with Gasteiger partial charge in [-0.15, -0.1) is 11.3 Å². The topological polar surface area (TPSA) is 0 Å². The maximum atomic E-state index is 3.73. The molecule has 1 heterocycles. The monoisotopic (exact) mass is 456 g/mol. The van der Waals surface area contributed by atoms with Gasteiger partial charge in [0.2, 0.25) is 0 Å². The smallest absolute Gasteiger partial charge is 0.0749 e. The summed E-state index contributed by atoms with van der Waals surface area (Å²) in [6, 6.07) is 10.7. The molecule has 1 aromatic carbocycles. The molecule has 0 fully saturated rings. The summed E-state index contributed by atoms with van der Waals surface area (Å²) in [6.07, 6.45) is 0. The van der Waals surface area contributed by atoms with Crippen LogP contribution < -0.4 is 0 Å². The Hall–Kier alpha value is 0.610. The Kier molecular flexibility index (Phi) is 4.26. The summed E-state index contributed by atoms with van der Waals surface area (Å²) in [4.78, 5) is 1.60. The normalized spacial score (nSPS) is 12.7. The molecule has 2 rings (SSSR count). The largest absolute Gasteiger partial charge is 0.146 e. The maximum absolute atomic E-state index is 3.73. The number of rotatable bonds is 2. The number of alkyl halides is 1. The molecular formula is C11H7Br2IS. The average Bonchev–Trinajstić information content (AvgIpc) is 2.65. The maximum Gasteiger partial charge on any atom is 0.0749 e. The lowest BCUT2D eigenvalue weighted by Gasteiger charge is -2.08. The van der Waals surface area contributed by atoms with Crippen LogP contribution in [0.4, 0.5) is 0 Å². The van der Waals surface area contributed by atoms with Gasteiger partial charge in [0.1, 0.15) is 0 Å². The van der Waals surface area contributed by atoms with Crippen molar-refractivity contribution in [2.45, 2.75) is 4.83 Å². The van der Waals surface area contributed by atoms with E-state index in [-0.39, 0.29) is 4.83 Å². The quantitative estimate of drug-likeness (QED) is 0.407. The molecule has 1 aromatic heterocycles. The van der Waals surface area contributed by atoms with Crippen molar-refractivity contribution in [3.8, 4) is 0 Å². The third-order valence-electron chi connectivity index (χ3n) is 2.04. The third kappa shape index (κ3) is 2.84. The zero-order valence-electron chi connectivity index (χ0n) is 7.58. The molecule has 2 aromatic rings. The van der Waals surface area contributed by atoms with E-state index in [9.17, 15) is 0 Å². The van der Waals surface area contributed by atoms with E-state index in [0.717, 1.165) is 0 Å². The van der Waals surface area contributed by atoms with Crippen LogP contribution in [-0.2, 0) is 0 Å². The minimum Gasteiger partial charge on any atom is -0.146 e. The molecule has 15 heavy (non-hydrogen) atoms. The summed E-state index contributed by atoms with van der Waals surface area (Å²) in [5.74, 6) is 0. The molecule has 0 bridgehead atoms.